The molecule has 1 unspecified atom stereocenters. The highest BCUT2D eigenvalue weighted by Gasteiger charge is 2.54. The molecule has 0 radical (unpaired) electrons. The molecule has 0 aromatic carbocycles. The maximum absolute atomic E-state index is 11.2. The van der Waals surface area contributed by atoms with Crippen molar-refractivity contribution >= 4 is 6.29 Å². The Morgan fingerprint density at radius 3 is 2.37 bits per heavy atom. The number of rotatable bonds is 3. The molecule has 5 atom stereocenters. The van der Waals surface area contributed by atoms with E-state index in [1.807, 2.05) is 6.92 Å². The van der Waals surface area contributed by atoms with Crippen molar-refractivity contribution in [1.82, 2.24) is 0 Å². The van der Waals surface area contributed by atoms with Crippen LogP contribution in [0.1, 0.15) is 34.6 Å². The summed E-state index contributed by atoms with van der Waals surface area (Å²) >= 11 is 0. The zero-order chi connectivity index (χ0) is 14.4. The van der Waals surface area contributed by atoms with Gasteiger partial charge in [-0.15, -0.1) is 0 Å². The van der Waals surface area contributed by atoms with Gasteiger partial charge in [0.2, 0.25) is 0 Å². The average molecular weight is 274 g/mol. The Morgan fingerprint density at radius 1 is 1.26 bits per heavy atom. The van der Waals surface area contributed by atoms with Crippen molar-refractivity contribution in [2.45, 2.75) is 70.8 Å². The molecule has 6 nitrogen and oxygen atoms in total. The molecule has 0 amide bonds. The summed E-state index contributed by atoms with van der Waals surface area (Å²) in [6.45, 7) is 8.51. The van der Waals surface area contributed by atoms with Gasteiger partial charge in [-0.05, 0) is 27.7 Å². The third-order valence-electron chi connectivity index (χ3n) is 3.26. The first-order chi connectivity index (χ1) is 8.63. The van der Waals surface area contributed by atoms with E-state index in [1.165, 1.54) is 13.8 Å². The van der Waals surface area contributed by atoms with Crippen LogP contribution in [0.5, 0.6) is 0 Å². The molecule has 0 aromatic rings. The summed E-state index contributed by atoms with van der Waals surface area (Å²) in [7, 11) is 0. The normalized spacial score (nSPS) is 41.9. The van der Waals surface area contributed by atoms with Gasteiger partial charge in [0, 0.05) is 5.92 Å². The minimum absolute atomic E-state index is 0.158. The van der Waals surface area contributed by atoms with Crippen LogP contribution in [-0.4, -0.2) is 47.6 Å². The Bertz CT molecular complexity index is 348. The first kappa shape index (κ1) is 14.9. The van der Waals surface area contributed by atoms with Crippen molar-refractivity contribution in [3.05, 3.63) is 0 Å². The lowest BCUT2D eigenvalue weighted by atomic mass is 9.93. The van der Waals surface area contributed by atoms with Crippen LogP contribution in [0.25, 0.3) is 0 Å². The maximum atomic E-state index is 11.2. The first-order valence-electron chi connectivity index (χ1n) is 6.49. The van der Waals surface area contributed by atoms with Crippen LogP contribution in [0.4, 0.5) is 0 Å². The van der Waals surface area contributed by atoms with Gasteiger partial charge in [-0.3, -0.25) is 0 Å². The van der Waals surface area contributed by atoms with Crippen LogP contribution in [0.15, 0.2) is 0 Å². The highest BCUT2D eigenvalue weighted by atomic mass is 16.8. The summed E-state index contributed by atoms with van der Waals surface area (Å²) in [5.74, 6) is -2.25. The Hall–Kier alpha value is -0.530. The van der Waals surface area contributed by atoms with Gasteiger partial charge in [0.25, 0.3) is 0 Å². The van der Waals surface area contributed by atoms with E-state index in [0.717, 1.165) is 0 Å². The van der Waals surface area contributed by atoms with Crippen molar-refractivity contribution in [3.63, 3.8) is 0 Å². The molecule has 2 aliphatic rings. The minimum Gasteiger partial charge on any atom is -0.366 e. The minimum atomic E-state index is -1.34. The molecule has 0 aromatic heterocycles. The van der Waals surface area contributed by atoms with E-state index >= 15 is 0 Å². The van der Waals surface area contributed by atoms with Gasteiger partial charge in [0.15, 0.2) is 24.2 Å². The maximum Gasteiger partial charge on any atom is 0.167 e. The van der Waals surface area contributed by atoms with E-state index in [9.17, 15) is 9.90 Å². The van der Waals surface area contributed by atoms with Crippen molar-refractivity contribution in [2.75, 3.05) is 0 Å². The monoisotopic (exact) mass is 274 g/mol. The Kier molecular flexibility index (Phi) is 3.75. The van der Waals surface area contributed by atoms with Gasteiger partial charge in [-0.1, -0.05) is 6.92 Å². The summed E-state index contributed by atoms with van der Waals surface area (Å²) < 4.78 is 22.5. The standard InChI is InChI=1S/C13H22O6/c1-7-9-10(18-13(4,5)17-9)8(6-14)16-11(7)19-12(2,3)15/h6-11,15H,1-5H3/t7-,8?,9-,10+,11-/m0/s1. The molecule has 0 spiro atoms. The lowest BCUT2D eigenvalue weighted by Gasteiger charge is -2.40. The fourth-order valence-corrected chi connectivity index (χ4v) is 2.52. The molecule has 2 rings (SSSR count). The molecular weight excluding hydrogens is 252 g/mol. The molecule has 2 fully saturated rings. The average Bonchev–Trinajstić information content (AvgIpc) is 2.57. The van der Waals surface area contributed by atoms with Crippen LogP contribution >= 0.6 is 0 Å². The second-order valence-electron chi connectivity index (χ2n) is 6.09. The van der Waals surface area contributed by atoms with E-state index in [-0.39, 0.29) is 12.0 Å². The summed E-state index contributed by atoms with van der Waals surface area (Å²) in [4.78, 5) is 11.2. The highest BCUT2D eigenvalue weighted by Crippen LogP contribution is 2.40. The molecule has 0 bridgehead atoms. The van der Waals surface area contributed by atoms with Gasteiger partial charge in [0.05, 0.1) is 6.10 Å². The van der Waals surface area contributed by atoms with Gasteiger partial charge < -0.3 is 28.8 Å². The van der Waals surface area contributed by atoms with Crippen LogP contribution in [0, 0.1) is 5.92 Å². The van der Waals surface area contributed by atoms with Crippen molar-refractivity contribution in [2.24, 2.45) is 5.92 Å². The number of aldehydes is 1. The zero-order valence-corrected chi connectivity index (χ0v) is 12.0. The number of hydrogen-bond acceptors (Lipinski definition) is 6. The number of fused-ring (bicyclic) bond motifs is 1. The van der Waals surface area contributed by atoms with Gasteiger partial charge in [-0.25, -0.2) is 0 Å². The number of carbonyl (C=O) groups is 1. The van der Waals surface area contributed by atoms with Crippen LogP contribution in [0.3, 0.4) is 0 Å². The lowest BCUT2D eigenvalue weighted by Crippen LogP contribution is -2.55. The molecule has 0 aliphatic carbocycles. The predicted octanol–water partition coefficient (Wildman–Crippen LogP) is 0.811. The summed E-state index contributed by atoms with van der Waals surface area (Å²) in [6.07, 6.45) is -1.52. The Balaban J connectivity index is 2.17. The first-order valence-corrected chi connectivity index (χ1v) is 6.49. The molecule has 1 N–H and O–H groups in total. The van der Waals surface area contributed by atoms with Gasteiger partial charge >= 0.3 is 0 Å². The van der Waals surface area contributed by atoms with E-state index in [4.69, 9.17) is 18.9 Å². The lowest BCUT2D eigenvalue weighted by molar-refractivity contribution is -0.322. The number of ether oxygens (including phenoxy) is 4. The van der Waals surface area contributed by atoms with Gasteiger partial charge in [0.1, 0.15) is 12.2 Å². The second kappa shape index (κ2) is 4.79. The Morgan fingerprint density at radius 2 is 1.84 bits per heavy atom. The van der Waals surface area contributed by atoms with Crippen molar-refractivity contribution < 1.29 is 28.8 Å². The SMILES string of the molecule is C[C@@H]1[C@H](OC(C)(C)O)OC(C=O)[C@H]2OC(C)(C)O[C@@H]12. The van der Waals surface area contributed by atoms with E-state index in [0.29, 0.717) is 6.29 Å². The van der Waals surface area contributed by atoms with Crippen LogP contribution in [-0.2, 0) is 23.7 Å². The van der Waals surface area contributed by atoms with Crippen molar-refractivity contribution in [1.29, 1.82) is 0 Å². The quantitative estimate of drug-likeness (QED) is 0.606. The number of aliphatic hydroxyl groups is 1. The van der Waals surface area contributed by atoms with Crippen molar-refractivity contribution in [3.8, 4) is 0 Å². The van der Waals surface area contributed by atoms with E-state index in [2.05, 4.69) is 0 Å². The zero-order valence-electron chi connectivity index (χ0n) is 12.0. The molecule has 110 valence electrons. The summed E-state index contributed by atoms with van der Waals surface area (Å²) in [6, 6.07) is 0. The van der Waals surface area contributed by atoms with E-state index < -0.39 is 30.1 Å². The van der Waals surface area contributed by atoms with Crippen LogP contribution < -0.4 is 0 Å². The topological polar surface area (TPSA) is 74.2 Å². The fraction of sp³-hybridized carbons (Fsp3) is 0.923. The summed E-state index contributed by atoms with van der Waals surface area (Å²) in [5.41, 5.74) is 0. The third-order valence-corrected chi connectivity index (χ3v) is 3.26. The molecular formula is C13H22O6. The van der Waals surface area contributed by atoms with Gasteiger partial charge in [-0.2, -0.15) is 0 Å². The molecule has 2 aliphatic heterocycles. The molecule has 19 heavy (non-hydrogen) atoms. The molecule has 0 saturated carbocycles. The third kappa shape index (κ3) is 3.14. The second-order valence-corrected chi connectivity index (χ2v) is 6.09. The van der Waals surface area contributed by atoms with Crippen LogP contribution in [0.2, 0.25) is 0 Å². The molecule has 2 saturated heterocycles. The number of carbonyl (C=O) groups excluding carboxylic acids is 1. The predicted molar refractivity (Wildman–Crippen MR) is 65.1 cm³/mol. The smallest absolute Gasteiger partial charge is 0.167 e. The fourth-order valence-electron chi connectivity index (χ4n) is 2.52. The highest BCUT2D eigenvalue weighted by molar-refractivity contribution is 5.58. The molecule has 6 heteroatoms. The Labute approximate surface area is 113 Å². The number of hydrogen-bond donors (Lipinski definition) is 1. The largest absolute Gasteiger partial charge is 0.366 e. The van der Waals surface area contributed by atoms with E-state index in [1.54, 1.807) is 13.8 Å². The molecule has 2 heterocycles. The summed E-state index contributed by atoms with van der Waals surface area (Å²) in [5, 5.41) is 9.73.